The molecule has 0 unspecified atom stereocenters. The molecule has 1 aliphatic carbocycles. The van der Waals surface area contributed by atoms with E-state index in [9.17, 15) is 9.18 Å². The van der Waals surface area contributed by atoms with Crippen molar-refractivity contribution in [3.05, 3.63) is 81.7 Å². The van der Waals surface area contributed by atoms with Crippen molar-refractivity contribution in [1.29, 1.82) is 0 Å². The second-order valence-electron chi connectivity index (χ2n) is 10.2. The van der Waals surface area contributed by atoms with Gasteiger partial charge in [-0.05, 0) is 65.1 Å². The van der Waals surface area contributed by atoms with Gasteiger partial charge in [0.25, 0.3) is 5.56 Å². The summed E-state index contributed by atoms with van der Waals surface area (Å²) < 4.78 is 26.5. The van der Waals surface area contributed by atoms with E-state index in [0.717, 1.165) is 48.6 Å². The van der Waals surface area contributed by atoms with Gasteiger partial charge in [-0.1, -0.05) is 31.1 Å². The minimum absolute atomic E-state index is 0.165. The SMILES string of the molecule is O=c1[nH]c2cc3c(cc2cc1[C@@H](c1nnnn1C1CCCC1)N1CC=C(c2ccc(F)cc2)CC1)OCO3. The summed E-state index contributed by atoms with van der Waals surface area (Å²) in [7, 11) is 0. The average Bonchev–Trinajstić information content (AvgIpc) is 3.71. The summed E-state index contributed by atoms with van der Waals surface area (Å²) >= 11 is 0. The van der Waals surface area contributed by atoms with Crippen LogP contribution in [0.2, 0.25) is 0 Å². The van der Waals surface area contributed by atoms with Crippen molar-refractivity contribution < 1.29 is 13.9 Å². The van der Waals surface area contributed by atoms with Crippen LogP contribution in [0.25, 0.3) is 16.5 Å². The molecule has 0 spiro atoms. The number of benzene rings is 2. The number of hydrogen-bond donors (Lipinski definition) is 1. The molecule has 38 heavy (non-hydrogen) atoms. The van der Waals surface area contributed by atoms with Gasteiger partial charge >= 0.3 is 0 Å². The van der Waals surface area contributed by atoms with Gasteiger partial charge in [0, 0.05) is 30.1 Å². The van der Waals surface area contributed by atoms with Crippen LogP contribution in [-0.4, -0.2) is 50.0 Å². The standard InChI is InChI=1S/C28H27FN6O3/c29-20-7-5-17(6-8-20)18-9-11-34(12-10-18)26(27-31-32-33-35(27)21-3-1-2-4-21)22-13-19-14-24-25(38-16-37-24)15-23(19)30-28(22)36/h5-9,13-15,21,26H,1-4,10-12,16H2,(H,30,36)/t26-/m0/s1. The molecule has 2 aliphatic heterocycles. The number of tetrazole rings is 1. The smallest absolute Gasteiger partial charge is 0.253 e. The van der Waals surface area contributed by atoms with Gasteiger partial charge in [-0.25, -0.2) is 9.07 Å². The molecule has 0 amide bonds. The maximum atomic E-state index is 13.6. The fraction of sp³-hybridized carbons (Fsp3) is 0.357. The molecule has 0 saturated heterocycles. The lowest BCUT2D eigenvalue weighted by Gasteiger charge is -2.33. The molecule has 2 aromatic carbocycles. The highest BCUT2D eigenvalue weighted by Crippen LogP contribution is 2.38. The molecule has 7 rings (SSSR count). The number of fused-ring (bicyclic) bond motifs is 2. The number of ether oxygens (including phenoxy) is 2. The number of rotatable bonds is 5. The number of aromatic nitrogens is 5. The zero-order chi connectivity index (χ0) is 25.6. The van der Waals surface area contributed by atoms with Gasteiger partial charge in [0.15, 0.2) is 17.3 Å². The molecular formula is C28H27FN6O3. The average molecular weight is 515 g/mol. The van der Waals surface area contributed by atoms with Crippen molar-refractivity contribution >= 4 is 16.5 Å². The number of hydrogen-bond acceptors (Lipinski definition) is 7. The van der Waals surface area contributed by atoms with Crippen LogP contribution in [0.5, 0.6) is 11.5 Å². The molecule has 1 saturated carbocycles. The Balaban J connectivity index is 1.31. The lowest BCUT2D eigenvalue weighted by molar-refractivity contribution is 0.174. The first-order valence-corrected chi connectivity index (χ1v) is 13.1. The molecule has 1 fully saturated rings. The molecule has 3 aliphatic rings. The highest BCUT2D eigenvalue weighted by molar-refractivity contribution is 5.83. The fourth-order valence-corrected chi connectivity index (χ4v) is 5.95. The summed E-state index contributed by atoms with van der Waals surface area (Å²) in [5.74, 6) is 1.72. The molecule has 4 aromatic rings. The molecule has 9 nitrogen and oxygen atoms in total. The topological polar surface area (TPSA) is 98.2 Å². The van der Waals surface area contributed by atoms with Gasteiger partial charge in [0.1, 0.15) is 11.9 Å². The van der Waals surface area contributed by atoms with E-state index < -0.39 is 6.04 Å². The van der Waals surface area contributed by atoms with E-state index >= 15 is 0 Å². The molecule has 1 atom stereocenters. The van der Waals surface area contributed by atoms with Crippen LogP contribution < -0.4 is 15.0 Å². The predicted octanol–water partition coefficient (Wildman–Crippen LogP) is 4.38. The van der Waals surface area contributed by atoms with Crippen LogP contribution in [0.3, 0.4) is 0 Å². The molecule has 0 radical (unpaired) electrons. The first kappa shape index (κ1) is 23.1. The minimum atomic E-state index is -0.435. The van der Waals surface area contributed by atoms with E-state index in [-0.39, 0.29) is 24.2 Å². The van der Waals surface area contributed by atoms with Gasteiger partial charge < -0.3 is 14.5 Å². The Bertz CT molecular complexity index is 1590. The van der Waals surface area contributed by atoms with E-state index in [0.29, 0.717) is 41.5 Å². The second-order valence-corrected chi connectivity index (χ2v) is 10.2. The van der Waals surface area contributed by atoms with Gasteiger partial charge in [0.05, 0.1) is 11.6 Å². The number of aromatic amines is 1. The van der Waals surface area contributed by atoms with E-state index in [2.05, 4.69) is 31.5 Å². The van der Waals surface area contributed by atoms with Gasteiger partial charge in [-0.2, -0.15) is 0 Å². The first-order valence-electron chi connectivity index (χ1n) is 13.1. The monoisotopic (exact) mass is 514 g/mol. The predicted molar refractivity (Wildman–Crippen MR) is 138 cm³/mol. The third-order valence-electron chi connectivity index (χ3n) is 7.91. The Morgan fingerprint density at radius 3 is 2.61 bits per heavy atom. The highest BCUT2D eigenvalue weighted by Gasteiger charge is 2.34. The lowest BCUT2D eigenvalue weighted by Crippen LogP contribution is -2.38. The number of nitrogens with one attached hydrogen (secondary N) is 1. The lowest BCUT2D eigenvalue weighted by atomic mass is 9.96. The van der Waals surface area contributed by atoms with Crippen molar-refractivity contribution in [1.82, 2.24) is 30.1 Å². The number of H-pyrrole nitrogens is 1. The van der Waals surface area contributed by atoms with Gasteiger partial charge in [0.2, 0.25) is 6.79 Å². The quantitative estimate of drug-likeness (QED) is 0.422. The summed E-state index contributed by atoms with van der Waals surface area (Å²) in [5, 5.41) is 13.8. The van der Waals surface area contributed by atoms with Crippen molar-refractivity contribution in [3.8, 4) is 11.5 Å². The van der Waals surface area contributed by atoms with Crippen molar-refractivity contribution in [3.63, 3.8) is 0 Å². The molecule has 10 heteroatoms. The molecule has 2 aromatic heterocycles. The number of pyridine rings is 1. The van der Waals surface area contributed by atoms with E-state index in [4.69, 9.17) is 9.47 Å². The Morgan fingerprint density at radius 1 is 1.05 bits per heavy atom. The van der Waals surface area contributed by atoms with Crippen molar-refractivity contribution in [2.75, 3.05) is 19.9 Å². The summed E-state index contributed by atoms with van der Waals surface area (Å²) in [4.78, 5) is 18.9. The summed E-state index contributed by atoms with van der Waals surface area (Å²) in [6.45, 7) is 1.47. The van der Waals surface area contributed by atoms with E-state index in [1.54, 1.807) is 6.07 Å². The second kappa shape index (κ2) is 9.36. The largest absolute Gasteiger partial charge is 0.454 e. The van der Waals surface area contributed by atoms with E-state index in [1.807, 2.05) is 28.9 Å². The zero-order valence-electron chi connectivity index (χ0n) is 20.8. The Hall–Kier alpha value is -4.05. The molecule has 194 valence electrons. The van der Waals surface area contributed by atoms with Crippen LogP contribution >= 0.6 is 0 Å². The van der Waals surface area contributed by atoms with Crippen LogP contribution in [0.4, 0.5) is 4.39 Å². The molecule has 0 bridgehead atoms. The van der Waals surface area contributed by atoms with Crippen LogP contribution in [0.1, 0.15) is 61.1 Å². The first-order chi connectivity index (χ1) is 18.6. The van der Waals surface area contributed by atoms with Crippen LogP contribution in [-0.2, 0) is 0 Å². The highest BCUT2D eigenvalue weighted by atomic mass is 19.1. The normalized spacial score (nSPS) is 18.7. The van der Waals surface area contributed by atoms with Gasteiger partial charge in [-0.15, -0.1) is 5.10 Å². The molecule has 1 N–H and O–H groups in total. The van der Waals surface area contributed by atoms with Crippen molar-refractivity contribution in [2.24, 2.45) is 0 Å². The molecule has 4 heterocycles. The fourth-order valence-electron chi connectivity index (χ4n) is 5.95. The van der Waals surface area contributed by atoms with Crippen molar-refractivity contribution in [2.45, 2.75) is 44.2 Å². The van der Waals surface area contributed by atoms with Crippen LogP contribution in [0.15, 0.2) is 53.3 Å². The Morgan fingerprint density at radius 2 is 1.84 bits per heavy atom. The Kier molecular flexibility index (Phi) is 5.69. The number of nitrogens with zero attached hydrogens (tertiary/aromatic N) is 5. The Labute approximate surface area is 217 Å². The summed E-state index contributed by atoms with van der Waals surface area (Å²) in [5.41, 5.74) is 3.27. The third-order valence-corrected chi connectivity index (χ3v) is 7.91. The number of halogens is 1. The minimum Gasteiger partial charge on any atom is -0.454 e. The van der Waals surface area contributed by atoms with Gasteiger partial charge in [-0.3, -0.25) is 9.69 Å². The van der Waals surface area contributed by atoms with E-state index in [1.165, 1.54) is 12.1 Å². The third kappa shape index (κ3) is 4.05. The summed E-state index contributed by atoms with van der Waals surface area (Å²) in [6.07, 6.45) is 7.25. The zero-order valence-corrected chi connectivity index (χ0v) is 20.8. The molecular weight excluding hydrogens is 487 g/mol. The van der Waals surface area contributed by atoms with Crippen LogP contribution in [0, 0.1) is 5.82 Å². The maximum Gasteiger partial charge on any atom is 0.253 e. The summed E-state index contributed by atoms with van der Waals surface area (Å²) in [6, 6.07) is 12.0. The maximum absolute atomic E-state index is 13.6.